The third-order valence-corrected chi connectivity index (χ3v) is 3.80. The molecule has 0 aliphatic carbocycles. The van der Waals surface area contributed by atoms with Gasteiger partial charge in [0.2, 0.25) is 0 Å². The second kappa shape index (κ2) is 6.00. The third kappa shape index (κ3) is 3.14. The molecular weight excluding hydrogens is 281 g/mol. The number of benzene rings is 1. The van der Waals surface area contributed by atoms with Gasteiger partial charge in [-0.15, -0.1) is 0 Å². The van der Waals surface area contributed by atoms with Gasteiger partial charge in [-0.1, -0.05) is 30.1 Å². The summed E-state index contributed by atoms with van der Waals surface area (Å²) in [5.74, 6) is 1.64. The highest BCUT2D eigenvalue weighted by atomic mass is 35.5. The minimum Gasteiger partial charge on any atom is -0.459 e. The van der Waals surface area contributed by atoms with E-state index in [4.69, 9.17) is 27.6 Å². The van der Waals surface area contributed by atoms with Crippen LogP contribution in [0.5, 0.6) is 0 Å². The van der Waals surface area contributed by atoms with Crippen molar-refractivity contribution in [2.45, 2.75) is 26.8 Å². The van der Waals surface area contributed by atoms with Crippen LogP contribution in [-0.4, -0.2) is 6.54 Å². The van der Waals surface area contributed by atoms with Crippen LogP contribution in [-0.2, 0) is 0 Å². The first-order valence-corrected chi connectivity index (χ1v) is 7.07. The molecule has 2 nitrogen and oxygen atoms in total. The molecular formula is C15H17Cl2NO. The number of rotatable bonds is 4. The number of hydrogen-bond acceptors (Lipinski definition) is 2. The molecule has 0 bridgehead atoms. The molecule has 1 heterocycles. The maximum atomic E-state index is 6.25. The average Bonchev–Trinajstić information content (AvgIpc) is 2.83. The normalized spacial score (nSPS) is 12.7. The molecule has 1 aromatic heterocycles. The van der Waals surface area contributed by atoms with Crippen LogP contribution < -0.4 is 5.32 Å². The van der Waals surface area contributed by atoms with Crippen molar-refractivity contribution in [2.75, 3.05) is 6.54 Å². The largest absolute Gasteiger partial charge is 0.459 e. The molecule has 4 heteroatoms. The zero-order chi connectivity index (χ0) is 14.0. The summed E-state index contributed by atoms with van der Waals surface area (Å²) < 4.78 is 5.85. The van der Waals surface area contributed by atoms with E-state index in [0.29, 0.717) is 10.0 Å². The van der Waals surface area contributed by atoms with Crippen molar-refractivity contribution in [3.8, 4) is 11.3 Å². The van der Waals surface area contributed by atoms with Crippen molar-refractivity contribution < 1.29 is 4.42 Å². The van der Waals surface area contributed by atoms with Gasteiger partial charge in [-0.05, 0) is 50.2 Å². The van der Waals surface area contributed by atoms with Gasteiger partial charge in [-0.2, -0.15) is 0 Å². The zero-order valence-corrected chi connectivity index (χ0v) is 12.8. The molecule has 1 N–H and O–H groups in total. The van der Waals surface area contributed by atoms with E-state index in [2.05, 4.69) is 19.2 Å². The van der Waals surface area contributed by atoms with Crippen LogP contribution in [0.1, 0.15) is 31.2 Å². The zero-order valence-electron chi connectivity index (χ0n) is 11.3. The highest BCUT2D eigenvalue weighted by Gasteiger charge is 2.13. The molecule has 19 heavy (non-hydrogen) atoms. The van der Waals surface area contributed by atoms with Gasteiger partial charge in [0, 0.05) is 10.6 Å². The first kappa shape index (κ1) is 14.4. The van der Waals surface area contributed by atoms with Crippen LogP contribution in [0.25, 0.3) is 11.3 Å². The summed E-state index contributed by atoms with van der Waals surface area (Å²) in [6, 6.07) is 7.77. The quantitative estimate of drug-likeness (QED) is 0.835. The monoisotopic (exact) mass is 297 g/mol. The summed E-state index contributed by atoms with van der Waals surface area (Å²) in [4.78, 5) is 0. The molecule has 1 atom stereocenters. The van der Waals surface area contributed by atoms with Crippen LogP contribution in [0.4, 0.5) is 0 Å². The number of halogens is 2. The van der Waals surface area contributed by atoms with E-state index >= 15 is 0 Å². The number of nitrogens with one attached hydrogen (secondary N) is 1. The summed E-state index contributed by atoms with van der Waals surface area (Å²) >= 11 is 12.4. The van der Waals surface area contributed by atoms with Crippen LogP contribution >= 0.6 is 23.2 Å². The van der Waals surface area contributed by atoms with Crippen molar-refractivity contribution in [1.82, 2.24) is 5.32 Å². The smallest absolute Gasteiger partial charge is 0.135 e. The molecule has 102 valence electrons. The molecule has 0 aliphatic rings. The van der Waals surface area contributed by atoms with Crippen molar-refractivity contribution in [3.05, 3.63) is 45.6 Å². The summed E-state index contributed by atoms with van der Waals surface area (Å²) in [7, 11) is 0. The van der Waals surface area contributed by atoms with E-state index in [1.54, 1.807) is 0 Å². The van der Waals surface area contributed by atoms with Crippen molar-refractivity contribution >= 4 is 23.2 Å². The lowest BCUT2D eigenvalue weighted by Crippen LogP contribution is -2.16. The fourth-order valence-corrected chi connectivity index (χ4v) is 2.45. The maximum absolute atomic E-state index is 6.25. The van der Waals surface area contributed by atoms with Gasteiger partial charge < -0.3 is 9.73 Å². The molecule has 1 aromatic carbocycles. The van der Waals surface area contributed by atoms with E-state index in [9.17, 15) is 0 Å². The number of furan rings is 1. The standard InChI is InChI=1S/C15H17Cl2NO/c1-4-18-10(3)14-5-6-15(19-14)11-8-12(16)9(2)7-13(11)17/h5-8,10,18H,4H2,1-3H3. The topological polar surface area (TPSA) is 25.2 Å². The Bertz CT molecular complexity index is 578. The lowest BCUT2D eigenvalue weighted by atomic mass is 10.1. The Morgan fingerprint density at radius 1 is 1.21 bits per heavy atom. The van der Waals surface area contributed by atoms with Gasteiger partial charge in [0.05, 0.1) is 11.1 Å². The van der Waals surface area contributed by atoms with Gasteiger partial charge in [0.25, 0.3) is 0 Å². The number of aryl methyl sites for hydroxylation is 1. The predicted octanol–water partition coefficient (Wildman–Crippen LogP) is 5.23. The van der Waals surface area contributed by atoms with Crippen LogP contribution in [0, 0.1) is 6.92 Å². The van der Waals surface area contributed by atoms with Crippen molar-refractivity contribution in [3.63, 3.8) is 0 Å². The van der Waals surface area contributed by atoms with Gasteiger partial charge in [0.15, 0.2) is 0 Å². The van der Waals surface area contributed by atoms with E-state index < -0.39 is 0 Å². The van der Waals surface area contributed by atoms with Gasteiger partial charge in [0.1, 0.15) is 11.5 Å². The molecule has 0 saturated heterocycles. The van der Waals surface area contributed by atoms with Gasteiger partial charge >= 0.3 is 0 Å². The molecule has 0 spiro atoms. The summed E-state index contributed by atoms with van der Waals surface area (Å²) in [6.07, 6.45) is 0. The summed E-state index contributed by atoms with van der Waals surface area (Å²) in [5.41, 5.74) is 1.79. The van der Waals surface area contributed by atoms with Crippen LogP contribution in [0.2, 0.25) is 10.0 Å². The fraction of sp³-hybridized carbons (Fsp3) is 0.333. The predicted molar refractivity (Wildman–Crippen MR) is 81.0 cm³/mol. The highest BCUT2D eigenvalue weighted by molar-refractivity contribution is 6.35. The first-order chi connectivity index (χ1) is 9.02. The van der Waals surface area contributed by atoms with E-state index in [1.807, 2.05) is 31.2 Å². The Labute approximate surface area is 123 Å². The second-order valence-electron chi connectivity index (χ2n) is 4.56. The van der Waals surface area contributed by atoms with Gasteiger partial charge in [-0.25, -0.2) is 0 Å². The van der Waals surface area contributed by atoms with E-state index in [0.717, 1.165) is 29.2 Å². The molecule has 2 rings (SSSR count). The molecule has 0 radical (unpaired) electrons. The highest BCUT2D eigenvalue weighted by Crippen LogP contribution is 2.34. The second-order valence-corrected chi connectivity index (χ2v) is 5.38. The Balaban J connectivity index is 2.35. The summed E-state index contributed by atoms with van der Waals surface area (Å²) in [5, 5.41) is 4.65. The molecule has 0 amide bonds. The maximum Gasteiger partial charge on any atom is 0.135 e. The Morgan fingerprint density at radius 3 is 2.63 bits per heavy atom. The van der Waals surface area contributed by atoms with Gasteiger partial charge in [-0.3, -0.25) is 0 Å². The van der Waals surface area contributed by atoms with Crippen LogP contribution in [0.15, 0.2) is 28.7 Å². The third-order valence-electron chi connectivity index (χ3n) is 3.08. The molecule has 2 aromatic rings. The van der Waals surface area contributed by atoms with E-state index in [1.165, 1.54) is 0 Å². The molecule has 0 fully saturated rings. The molecule has 1 unspecified atom stereocenters. The summed E-state index contributed by atoms with van der Waals surface area (Å²) in [6.45, 7) is 6.96. The average molecular weight is 298 g/mol. The minimum absolute atomic E-state index is 0.179. The first-order valence-electron chi connectivity index (χ1n) is 6.32. The lowest BCUT2D eigenvalue weighted by molar-refractivity contribution is 0.445. The van der Waals surface area contributed by atoms with Crippen molar-refractivity contribution in [2.24, 2.45) is 0 Å². The lowest BCUT2D eigenvalue weighted by Gasteiger charge is -2.09. The SMILES string of the molecule is CCNC(C)c1ccc(-c2cc(Cl)c(C)cc2Cl)o1. The molecule has 0 saturated carbocycles. The van der Waals surface area contributed by atoms with Crippen molar-refractivity contribution in [1.29, 1.82) is 0 Å². The molecule has 0 aliphatic heterocycles. The minimum atomic E-state index is 0.179. The Kier molecular flexibility index (Phi) is 4.56. The Morgan fingerprint density at radius 2 is 1.95 bits per heavy atom. The fourth-order valence-electron chi connectivity index (χ4n) is 1.97. The van der Waals surface area contributed by atoms with E-state index in [-0.39, 0.29) is 6.04 Å². The Hall–Kier alpha value is -0.960. The number of hydrogen-bond donors (Lipinski definition) is 1. The van der Waals surface area contributed by atoms with Crippen LogP contribution in [0.3, 0.4) is 0 Å².